The Kier molecular flexibility index (Phi) is 2.91. The summed E-state index contributed by atoms with van der Waals surface area (Å²) in [4.78, 5) is 24.5. The summed E-state index contributed by atoms with van der Waals surface area (Å²) in [6.07, 6.45) is 7.88. The van der Waals surface area contributed by atoms with Crippen LogP contribution in [0.3, 0.4) is 0 Å². The molecule has 0 aromatic heterocycles. The minimum atomic E-state index is -0.558. The Bertz CT molecular complexity index is 393. The average Bonchev–Trinajstić information content (AvgIpc) is 2.48. The van der Waals surface area contributed by atoms with Crippen LogP contribution in [0.2, 0.25) is 0 Å². The van der Waals surface area contributed by atoms with E-state index in [2.05, 4.69) is 19.1 Å². The minimum absolute atomic E-state index is 0.261. The molecule has 0 aromatic carbocycles. The van der Waals surface area contributed by atoms with Crippen molar-refractivity contribution in [2.24, 2.45) is 0 Å². The molecule has 3 nitrogen and oxygen atoms in total. The third-order valence-electron chi connectivity index (χ3n) is 2.23. The second kappa shape index (κ2) is 3.97. The van der Waals surface area contributed by atoms with E-state index in [0.717, 1.165) is 4.90 Å². The van der Waals surface area contributed by atoms with Crippen molar-refractivity contribution >= 4 is 11.8 Å². The standard InChI is InChI=1S/C12H11NO2/c1-5-8(4)13-11(14)9(6-2)10(7-3)12(13)15/h1,6-8H,2-3H2,4H3. The molecule has 0 saturated carbocycles. The second-order valence-corrected chi connectivity index (χ2v) is 3.06. The maximum absolute atomic E-state index is 11.7. The molecule has 0 saturated heterocycles. The van der Waals surface area contributed by atoms with Crippen molar-refractivity contribution < 1.29 is 9.59 Å². The SMILES string of the molecule is C#CC(C)N1C(=O)C(C=C)=C(C=C)C1=O. The minimum Gasteiger partial charge on any atom is -0.269 e. The summed E-state index contributed by atoms with van der Waals surface area (Å²) in [6, 6.07) is -0.558. The predicted molar refractivity (Wildman–Crippen MR) is 57.6 cm³/mol. The number of terminal acetylenes is 1. The van der Waals surface area contributed by atoms with Crippen LogP contribution >= 0.6 is 0 Å². The molecule has 0 aromatic rings. The van der Waals surface area contributed by atoms with Crippen molar-refractivity contribution in [2.45, 2.75) is 13.0 Å². The predicted octanol–water partition coefficient (Wildman–Crippen LogP) is 1.05. The summed E-state index contributed by atoms with van der Waals surface area (Å²) >= 11 is 0. The first-order valence-electron chi connectivity index (χ1n) is 4.41. The van der Waals surface area contributed by atoms with Gasteiger partial charge in [-0.25, -0.2) is 0 Å². The molecule has 1 aliphatic heterocycles. The van der Waals surface area contributed by atoms with E-state index in [1.54, 1.807) is 6.92 Å². The van der Waals surface area contributed by atoms with Crippen LogP contribution in [0.1, 0.15) is 6.92 Å². The van der Waals surface area contributed by atoms with Gasteiger partial charge in [-0.15, -0.1) is 6.42 Å². The van der Waals surface area contributed by atoms with E-state index in [1.165, 1.54) is 12.2 Å². The van der Waals surface area contributed by atoms with Gasteiger partial charge in [0.05, 0.1) is 17.2 Å². The highest BCUT2D eigenvalue weighted by Crippen LogP contribution is 2.23. The summed E-state index contributed by atoms with van der Waals surface area (Å²) in [6.45, 7) is 8.59. The molecule has 1 heterocycles. The number of hydrogen-bond acceptors (Lipinski definition) is 2. The Morgan fingerprint density at radius 2 is 1.67 bits per heavy atom. The lowest BCUT2D eigenvalue weighted by Gasteiger charge is -2.17. The number of carbonyl (C=O) groups excluding carboxylic acids is 2. The third-order valence-corrected chi connectivity index (χ3v) is 2.23. The van der Waals surface area contributed by atoms with E-state index >= 15 is 0 Å². The fourth-order valence-electron chi connectivity index (χ4n) is 1.40. The largest absolute Gasteiger partial charge is 0.269 e. The van der Waals surface area contributed by atoms with Gasteiger partial charge >= 0.3 is 0 Å². The molecule has 2 amide bonds. The third kappa shape index (κ3) is 1.50. The summed E-state index contributed by atoms with van der Waals surface area (Å²) in [7, 11) is 0. The molecule has 1 atom stereocenters. The number of hydrogen-bond donors (Lipinski definition) is 0. The average molecular weight is 201 g/mol. The number of imide groups is 1. The highest BCUT2D eigenvalue weighted by atomic mass is 16.2. The maximum atomic E-state index is 11.7. The molecule has 1 unspecified atom stereocenters. The number of rotatable bonds is 3. The Balaban J connectivity index is 3.23. The Morgan fingerprint density at radius 3 is 1.93 bits per heavy atom. The fourth-order valence-corrected chi connectivity index (χ4v) is 1.40. The molecule has 15 heavy (non-hydrogen) atoms. The molecule has 0 bridgehead atoms. The first kappa shape index (κ1) is 11.0. The topological polar surface area (TPSA) is 37.4 Å². The lowest BCUT2D eigenvalue weighted by atomic mass is 10.1. The Labute approximate surface area is 88.8 Å². The fraction of sp³-hybridized carbons (Fsp3) is 0.167. The van der Waals surface area contributed by atoms with Crippen LogP contribution in [-0.4, -0.2) is 22.8 Å². The number of carbonyl (C=O) groups is 2. The summed E-state index contributed by atoms with van der Waals surface area (Å²) in [5.74, 6) is 1.53. The van der Waals surface area contributed by atoms with Crippen LogP contribution in [0.4, 0.5) is 0 Å². The van der Waals surface area contributed by atoms with Gasteiger partial charge in [0.25, 0.3) is 11.8 Å². The monoisotopic (exact) mass is 201 g/mol. The zero-order valence-electron chi connectivity index (χ0n) is 8.49. The maximum Gasteiger partial charge on any atom is 0.262 e. The van der Waals surface area contributed by atoms with Crippen LogP contribution in [-0.2, 0) is 9.59 Å². The van der Waals surface area contributed by atoms with Crippen molar-refractivity contribution in [1.29, 1.82) is 0 Å². The van der Waals surface area contributed by atoms with Crippen molar-refractivity contribution in [2.75, 3.05) is 0 Å². The van der Waals surface area contributed by atoms with E-state index in [0.29, 0.717) is 0 Å². The quantitative estimate of drug-likeness (QED) is 0.505. The van der Waals surface area contributed by atoms with Gasteiger partial charge in [0, 0.05) is 0 Å². The number of amides is 2. The summed E-state index contributed by atoms with van der Waals surface area (Å²) < 4.78 is 0. The van der Waals surface area contributed by atoms with Gasteiger partial charge in [0.2, 0.25) is 0 Å². The van der Waals surface area contributed by atoms with E-state index < -0.39 is 17.9 Å². The van der Waals surface area contributed by atoms with Crippen LogP contribution < -0.4 is 0 Å². The molecule has 0 fully saturated rings. The van der Waals surface area contributed by atoms with Crippen LogP contribution in [0, 0.1) is 12.3 Å². The molecule has 1 rings (SSSR count). The summed E-state index contributed by atoms with van der Waals surface area (Å²) in [5.41, 5.74) is 0.522. The second-order valence-electron chi connectivity index (χ2n) is 3.06. The lowest BCUT2D eigenvalue weighted by molar-refractivity contribution is -0.138. The molecule has 0 radical (unpaired) electrons. The number of nitrogens with zero attached hydrogens (tertiary/aromatic N) is 1. The van der Waals surface area contributed by atoms with E-state index in [1.807, 2.05) is 0 Å². The van der Waals surface area contributed by atoms with E-state index in [4.69, 9.17) is 6.42 Å². The van der Waals surface area contributed by atoms with Gasteiger partial charge in [-0.3, -0.25) is 14.5 Å². The lowest BCUT2D eigenvalue weighted by Crippen LogP contribution is -2.38. The van der Waals surface area contributed by atoms with Crippen LogP contribution in [0.5, 0.6) is 0 Å². The van der Waals surface area contributed by atoms with Gasteiger partial charge in [0.15, 0.2) is 0 Å². The Hall–Kier alpha value is -2.08. The van der Waals surface area contributed by atoms with Gasteiger partial charge in [0.1, 0.15) is 0 Å². The van der Waals surface area contributed by atoms with Crippen molar-refractivity contribution in [1.82, 2.24) is 4.90 Å². The van der Waals surface area contributed by atoms with Crippen molar-refractivity contribution in [3.05, 3.63) is 36.5 Å². The molecule has 0 N–H and O–H groups in total. The highest BCUT2D eigenvalue weighted by molar-refractivity contribution is 6.22. The summed E-state index contributed by atoms with van der Waals surface area (Å²) in [5, 5.41) is 0. The van der Waals surface area contributed by atoms with Gasteiger partial charge in [-0.05, 0) is 6.92 Å². The first-order chi connectivity index (χ1) is 7.08. The zero-order valence-corrected chi connectivity index (χ0v) is 8.49. The smallest absolute Gasteiger partial charge is 0.262 e. The van der Waals surface area contributed by atoms with E-state index in [-0.39, 0.29) is 11.1 Å². The van der Waals surface area contributed by atoms with Gasteiger partial charge in [-0.2, -0.15) is 0 Å². The normalized spacial score (nSPS) is 17.7. The zero-order chi connectivity index (χ0) is 11.6. The van der Waals surface area contributed by atoms with Gasteiger partial charge < -0.3 is 0 Å². The molecule has 0 spiro atoms. The van der Waals surface area contributed by atoms with Crippen LogP contribution in [0.15, 0.2) is 36.5 Å². The molecule has 1 aliphatic rings. The molecule has 0 aliphatic carbocycles. The molecule has 3 heteroatoms. The molecular weight excluding hydrogens is 190 g/mol. The van der Waals surface area contributed by atoms with Crippen molar-refractivity contribution in [3.63, 3.8) is 0 Å². The molecular formula is C12H11NO2. The Morgan fingerprint density at radius 1 is 1.27 bits per heavy atom. The molecule has 76 valence electrons. The van der Waals surface area contributed by atoms with Gasteiger partial charge in [-0.1, -0.05) is 31.2 Å². The highest BCUT2D eigenvalue weighted by Gasteiger charge is 2.37. The van der Waals surface area contributed by atoms with Crippen molar-refractivity contribution in [3.8, 4) is 12.3 Å². The first-order valence-corrected chi connectivity index (χ1v) is 4.41. The van der Waals surface area contributed by atoms with Crippen LogP contribution in [0.25, 0.3) is 0 Å². The van der Waals surface area contributed by atoms with E-state index in [9.17, 15) is 9.59 Å².